The molecule has 0 saturated carbocycles. The van der Waals surface area contributed by atoms with E-state index in [0.29, 0.717) is 15.4 Å². The second-order valence-electron chi connectivity index (χ2n) is 5.44. The summed E-state index contributed by atoms with van der Waals surface area (Å²) in [5.74, 6) is -0.337. The van der Waals surface area contributed by atoms with Crippen LogP contribution < -0.4 is 0 Å². The van der Waals surface area contributed by atoms with E-state index < -0.39 is 23.0 Å². The molecule has 5 heteroatoms. The average Bonchev–Trinajstić information content (AvgIpc) is 3.00. The molecule has 1 aliphatic heterocycles. The highest BCUT2D eigenvalue weighted by molar-refractivity contribution is 7.89. The number of ether oxygens (including phenoxy) is 1. The molecule has 0 amide bonds. The van der Waals surface area contributed by atoms with Gasteiger partial charge in [0, 0.05) is 4.90 Å². The van der Waals surface area contributed by atoms with Crippen molar-refractivity contribution in [3.8, 4) is 0 Å². The number of benzene rings is 2. The van der Waals surface area contributed by atoms with Crippen LogP contribution in [0.4, 0.5) is 4.39 Å². The lowest BCUT2D eigenvalue weighted by atomic mass is 10.1. The molecule has 0 saturated heterocycles. The first-order valence-electron chi connectivity index (χ1n) is 7.30. The monoisotopic (exact) mass is 332 g/mol. The van der Waals surface area contributed by atoms with Crippen molar-refractivity contribution in [2.24, 2.45) is 0 Å². The molecule has 3 atom stereocenters. The molecule has 1 heterocycles. The van der Waals surface area contributed by atoms with E-state index in [-0.39, 0.29) is 12.4 Å². The van der Waals surface area contributed by atoms with Crippen molar-refractivity contribution in [1.29, 1.82) is 0 Å². The lowest BCUT2D eigenvalue weighted by Crippen LogP contribution is -2.12. The molecule has 0 fully saturated rings. The summed E-state index contributed by atoms with van der Waals surface area (Å²) in [7, 11) is -1.39. The summed E-state index contributed by atoms with van der Waals surface area (Å²) in [6, 6.07) is 13.4. The highest BCUT2D eigenvalue weighted by atomic mass is 32.2. The lowest BCUT2D eigenvalue weighted by Gasteiger charge is -2.16. The second-order valence-corrected chi connectivity index (χ2v) is 6.92. The molecule has 0 unspecified atom stereocenters. The molecule has 1 aliphatic rings. The van der Waals surface area contributed by atoms with Gasteiger partial charge in [0.15, 0.2) is 0 Å². The first-order valence-corrected chi connectivity index (χ1v) is 8.45. The zero-order valence-corrected chi connectivity index (χ0v) is 13.4. The minimum Gasteiger partial charge on any atom is -0.393 e. The van der Waals surface area contributed by atoms with E-state index in [2.05, 4.69) is 0 Å². The summed E-state index contributed by atoms with van der Waals surface area (Å²) >= 11 is 0. The van der Waals surface area contributed by atoms with Gasteiger partial charge < -0.3 is 9.84 Å². The van der Waals surface area contributed by atoms with Crippen LogP contribution in [0.1, 0.15) is 17.2 Å². The van der Waals surface area contributed by atoms with Gasteiger partial charge in [0.05, 0.1) is 22.3 Å². The van der Waals surface area contributed by atoms with Crippen molar-refractivity contribution in [3.05, 3.63) is 76.5 Å². The molecule has 2 aromatic carbocycles. The number of aliphatic hydroxyl groups is 1. The van der Waals surface area contributed by atoms with Crippen LogP contribution in [-0.4, -0.2) is 22.0 Å². The Kier molecular flexibility index (Phi) is 4.71. The largest absolute Gasteiger partial charge is 0.393 e. The summed E-state index contributed by atoms with van der Waals surface area (Å²) in [5.41, 5.74) is 1.81. The van der Waals surface area contributed by atoms with Crippen molar-refractivity contribution >= 4 is 10.8 Å². The SMILES string of the molecule is Cc1ccc([S@](=O)C2=C[C@@H](CO)O[C@H]2c2ccc(F)cc2)cc1. The normalized spacial score (nSPS) is 22.0. The molecule has 3 nitrogen and oxygen atoms in total. The van der Waals surface area contributed by atoms with Crippen LogP contribution in [0.2, 0.25) is 0 Å². The van der Waals surface area contributed by atoms with Gasteiger partial charge in [-0.05, 0) is 42.8 Å². The zero-order valence-electron chi connectivity index (χ0n) is 12.6. The van der Waals surface area contributed by atoms with Gasteiger partial charge in [0.2, 0.25) is 0 Å². The van der Waals surface area contributed by atoms with Gasteiger partial charge in [-0.25, -0.2) is 8.60 Å². The van der Waals surface area contributed by atoms with E-state index in [1.165, 1.54) is 12.1 Å². The van der Waals surface area contributed by atoms with Crippen LogP contribution in [0.25, 0.3) is 0 Å². The van der Waals surface area contributed by atoms with E-state index in [0.717, 1.165) is 5.56 Å². The van der Waals surface area contributed by atoms with Gasteiger partial charge >= 0.3 is 0 Å². The average molecular weight is 332 g/mol. The highest BCUT2D eigenvalue weighted by Gasteiger charge is 2.32. The van der Waals surface area contributed by atoms with Gasteiger partial charge in [-0.2, -0.15) is 0 Å². The van der Waals surface area contributed by atoms with Gasteiger partial charge in [-0.3, -0.25) is 0 Å². The molecule has 0 aromatic heterocycles. The zero-order chi connectivity index (χ0) is 16.4. The summed E-state index contributed by atoms with van der Waals surface area (Å²) in [6.45, 7) is 1.78. The molecule has 2 aromatic rings. The fraction of sp³-hybridized carbons (Fsp3) is 0.222. The Hall–Kier alpha value is -1.82. The molecule has 3 rings (SSSR count). The second kappa shape index (κ2) is 6.74. The van der Waals surface area contributed by atoms with Crippen LogP contribution in [0.15, 0.2) is 64.4 Å². The van der Waals surface area contributed by atoms with Gasteiger partial charge in [-0.1, -0.05) is 29.8 Å². The molecule has 0 aliphatic carbocycles. The molecule has 0 bridgehead atoms. The third-order valence-corrected chi connectivity index (χ3v) is 5.20. The van der Waals surface area contributed by atoms with Crippen molar-refractivity contribution in [3.63, 3.8) is 0 Å². The number of aliphatic hydroxyl groups excluding tert-OH is 1. The van der Waals surface area contributed by atoms with E-state index in [1.807, 2.05) is 31.2 Å². The summed E-state index contributed by atoms with van der Waals surface area (Å²) in [4.78, 5) is 1.26. The smallest absolute Gasteiger partial charge is 0.123 e. The van der Waals surface area contributed by atoms with Crippen molar-refractivity contribution in [1.82, 2.24) is 0 Å². The molecule has 120 valence electrons. The van der Waals surface area contributed by atoms with Crippen LogP contribution >= 0.6 is 0 Å². The fourth-order valence-electron chi connectivity index (χ4n) is 2.48. The maximum atomic E-state index is 13.1. The Balaban J connectivity index is 1.94. The minimum absolute atomic E-state index is 0.188. The Morgan fingerprint density at radius 3 is 2.39 bits per heavy atom. The van der Waals surface area contributed by atoms with Crippen LogP contribution in [0.5, 0.6) is 0 Å². The number of halogens is 1. The Morgan fingerprint density at radius 1 is 1.13 bits per heavy atom. The Bertz CT molecular complexity index is 738. The molecular weight excluding hydrogens is 315 g/mol. The first-order chi connectivity index (χ1) is 11.1. The standard InChI is InChI=1S/C18H17FO3S/c1-12-2-8-16(9-3-12)23(21)17-10-15(11-20)22-18(17)13-4-6-14(19)7-5-13/h2-10,15,18,20H,11H2,1H3/t15-,18-,23-/m0/s1. The third-order valence-electron chi connectivity index (χ3n) is 3.72. The quantitative estimate of drug-likeness (QED) is 0.935. The fourth-order valence-corrected chi connectivity index (χ4v) is 3.80. The third kappa shape index (κ3) is 3.42. The Morgan fingerprint density at radius 2 is 1.78 bits per heavy atom. The predicted octanol–water partition coefficient (Wildman–Crippen LogP) is 3.26. The molecular formula is C18H17FO3S. The maximum absolute atomic E-state index is 13.1. The molecule has 1 N–H and O–H groups in total. The van der Waals surface area contributed by atoms with Crippen LogP contribution in [0, 0.1) is 12.7 Å². The van der Waals surface area contributed by atoms with Gasteiger partial charge in [0.1, 0.15) is 18.0 Å². The topological polar surface area (TPSA) is 46.5 Å². The van der Waals surface area contributed by atoms with Gasteiger partial charge in [-0.15, -0.1) is 0 Å². The van der Waals surface area contributed by atoms with Gasteiger partial charge in [0.25, 0.3) is 0 Å². The maximum Gasteiger partial charge on any atom is 0.123 e. The highest BCUT2D eigenvalue weighted by Crippen LogP contribution is 2.37. The first kappa shape index (κ1) is 16.1. The number of aryl methyl sites for hydroxylation is 1. The van der Waals surface area contributed by atoms with E-state index in [9.17, 15) is 13.7 Å². The summed E-state index contributed by atoms with van der Waals surface area (Å²) < 4.78 is 31.8. The van der Waals surface area contributed by atoms with Crippen molar-refractivity contribution in [2.45, 2.75) is 24.0 Å². The molecule has 0 spiro atoms. The van der Waals surface area contributed by atoms with E-state index in [4.69, 9.17) is 4.74 Å². The summed E-state index contributed by atoms with van der Waals surface area (Å²) in [5, 5.41) is 9.35. The van der Waals surface area contributed by atoms with Crippen molar-refractivity contribution in [2.75, 3.05) is 6.61 Å². The minimum atomic E-state index is -1.39. The summed E-state index contributed by atoms with van der Waals surface area (Å²) in [6.07, 6.45) is 0.647. The Labute approximate surface area is 136 Å². The van der Waals surface area contributed by atoms with E-state index >= 15 is 0 Å². The number of hydrogen-bond donors (Lipinski definition) is 1. The van der Waals surface area contributed by atoms with Crippen LogP contribution in [-0.2, 0) is 15.5 Å². The molecule has 0 radical (unpaired) electrons. The van der Waals surface area contributed by atoms with Crippen molar-refractivity contribution < 1.29 is 18.4 Å². The number of hydrogen-bond acceptors (Lipinski definition) is 3. The van der Waals surface area contributed by atoms with Crippen LogP contribution in [0.3, 0.4) is 0 Å². The number of rotatable bonds is 4. The predicted molar refractivity (Wildman–Crippen MR) is 86.8 cm³/mol. The van der Waals surface area contributed by atoms with E-state index in [1.54, 1.807) is 18.2 Å². The molecule has 23 heavy (non-hydrogen) atoms. The lowest BCUT2D eigenvalue weighted by molar-refractivity contribution is 0.0240.